The monoisotopic (exact) mass is 503 g/mol. The summed E-state index contributed by atoms with van der Waals surface area (Å²) in [6.45, 7) is 8.46. The molecule has 37 heavy (non-hydrogen) atoms. The summed E-state index contributed by atoms with van der Waals surface area (Å²) < 4.78 is 9.78. The third-order valence-corrected chi connectivity index (χ3v) is 7.65. The third kappa shape index (κ3) is 4.11. The minimum absolute atomic E-state index is 0.240. The van der Waals surface area contributed by atoms with E-state index in [1.807, 2.05) is 32.2 Å². The molecule has 2 aliphatic rings. The summed E-state index contributed by atoms with van der Waals surface area (Å²) in [4.78, 5) is 36.0. The van der Waals surface area contributed by atoms with Crippen LogP contribution in [0.1, 0.15) is 25.5 Å². The van der Waals surface area contributed by atoms with Gasteiger partial charge in [0.1, 0.15) is 11.6 Å². The first-order chi connectivity index (χ1) is 17.9. The van der Waals surface area contributed by atoms with Crippen LogP contribution in [0.4, 0.5) is 5.82 Å². The molecule has 0 saturated carbocycles. The number of hydrogen-bond donors (Lipinski definition) is 1. The van der Waals surface area contributed by atoms with E-state index in [9.17, 15) is 4.79 Å². The number of ether oxygens (including phenoxy) is 1. The van der Waals surface area contributed by atoms with Crippen LogP contribution in [0, 0.1) is 5.92 Å². The molecule has 1 aromatic carbocycles. The number of amides is 1. The zero-order valence-corrected chi connectivity index (χ0v) is 21.6. The van der Waals surface area contributed by atoms with Crippen LogP contribution < -0.4 is 10.6 Å². The topological polar surface area (TPSA) is 120 Å². The molecule has 6 rings (SSSR count). The number of rotatable bonds is 7. The van der Waals surface area contributed by atoms with E-state index in [1.54, 1.807) is 0 Å². The van der Waals surface area contributed by atoms with Crippen LogP contribution in [-0.2, 0) is 29.4 Å². The highest BCUT2D eigenvalue weighted by Crippen LogP contribution is 2.30. The van der Waals surface area contributed by atoms with Crippen molar-refractivity contribution in [2.24, 2.45) is 18.7 Å². The highest BCUT2D eigenvalue weighted by Gasteiger charge is 2.34. The fourth-order valence-corrected chi connectivity index (χ4v) is 5.39. The van der Waals surface area contributed by atoms with Crippen molar-refractivity contribution in [3.8, 4) is 5.95 Å². The van der Waals surface area contributed by atoms with Gasteiger partial charge in [-0.15, -0.1) is 0 Å². The van der Waals surface area contributed by atoms with Crippen LogP contribution in [-0.4, -0.2) is 85.3 Å². The van der Waals surface area contributed by atoms with Crippen molar-refractivity contribution < 1.29 is 9.53 Å². The van der Waals surface area contributed by atoms with E-state index in [0.717, 1.165) is 78.7 Å². The number of morpholine rings is 1. The van der Waals surface area contributed by atoms with Crippen LogP contribution in [0.2, 0.25) is 0 Å². The molecular weight excluding hydrogens is 470 g/mol. The predicted molar refractivity (Wildman–Crippen MR) is 141 cm³/mol. The number of carbonyl (C=O) groups is 1. The summed E-state index contributed by atoms with van der Waals surface area (Å²) in [5.41, 5.74) is 9.03. The standard InChI is InChI=1S/C26H33N9O2/c1-4-20-28-18-7-5-6-8-19(18)35(20)26-30-24-22(25(31-26)33-9-11-37-12-10-33)29-21(32(24)3)13-17-14-34(15-17)16(2)23(27)36/h5-8,16-17H,4,9-15H2,1-3H3,(H2,27,36)/t16-/m1/s1. The van der Waals surface area contributed by atoms with E-state index in [-0.39, 0.29) is 11.9 Å². The van der Waals surface area contributed by atoms with Crippen molar-refractivity contribution in [3.63, 3.8) is 0 Å². The van der Waals surface area contributed by atoms with Gasteiger partial charge in [-0.25, -0.2) is 9.97 Å². The van der Waals surface area contributed by atoms with Gasteiger partial charge in [-0.3, -0.25) is 14.3 Å². The van der Waals surface area contributed by atoms with E-state index < -0.39 is 0 Å². The molecule has 0 unspecified atom stereocenters. The number of anilines is 1. The fourth-order valence-electron chi connectivity index (χ4n) is 5.39. The van der Waals surface area contributed by atoms with Gasteiger partial charge in [0.25, 0.3) is 0 Å². The Labute approximate surface area is 215 Å². The van der Waals surface area contributed by atoms with Gasteiger partial charge in [0, 0.05) is 46.1 Å². The second-order valence-electron chi connectivity index (χ2n) is 10.0. The highest BCUT2D eigenvalue weighted by atomic mass is 16.5. The maximum absolute atomic E-state index is 11.5. The summed E-state index contributed by atoms with van der Waals surface area (Å²) >= 11 is 0. The Hall–Kier alpha value is -3.57. The lowest BCUT2D eigenvalue weighted by atomic mass is 9.94. The van der Waals surface area contributed by atoms with Crippen LogP contribution in [0.3, 0.4) is 0 Å². The number of nitrogens with zero attached hydrogens (tertiary/aromatic N) is 8. The van der Waals surface area contributed by atoms with Gasteiger partial charge in [-0.1, -0.05) is 19.1 Å². The van der Waals surface area contributed by atoms with Crippen molar-refractivity contribution in [1.29, 1.82) is 0 Å². The Balaban J connectivity index is 1.42. The van der Waals surface area contributed by atoms with E-state index in [2.05, 4.69) is 31.9 Å². The molecule has 2 aliphatic heterocycles. The summed E-state index contributed by atoms with van der Waals surface area (Å²) in [5.74, 6) is 3.48. The van der Waals surface area contributed by atoms with Crippen LogP contribution >= 0.6 is 0 Å². The number of hydrogen-bond acceptors (Lipinski definition) is 8. The summed E-state index contributed by atoms with van der Waals surface area (Å²) in [6, 6.07) is 7.87. The first-order valence-corrected chi connectivity index (χ1v) is 13.0. The Kier molecular flexibility index (Phi) is 6.04. The van der Waals surface area contributed by atoms with Gasteiger partial charge in [0.2, 0.25) is 11.9 Å². The number of para-hydroxylation sites is 2. The molecule has 11 heteroatoms. The normalized spacial score (nSPS) is 18.0. The lowest BCUT2D eigenvalue weighted by Crippen LogP contribution is -2.55. The van der Waals surface area contributed by atoms with Gasteiger partial charge < -0.3 is 19.9 Å². The zero-order valence-electron chi connectivity index (χ0n) is 21.6. The Morgan fingerprint density at radius 2 is 1.86 bits per heavy atom. The molecule has 194 valence electrons. The molecule has 5 heterocycles. The maximum Gasteiger partial charge on any atom is 0.239 e. The lowest BCUT2D eigenvalue weighted by Gasteiger charge is -2.41. The number of nitrogens with two attached hydrogens (primary N) is 1. The molecule has 0 bridgehead atoms. The fraction of sp³-hybridized carbons (Fsp3) is 0.500. The Morgan fingerprint density at radius 1 is 1.11 bits per heavy atom. The molecule has 2 saturated heterocycles. The van der Waals surface area contributed by atoms with Crippen molar-refractivity contribution in [2.45, 2.75) is 32.7 Å². The van der Waals surface area contributed by atoms with Crippen LogP contribution in [0.5, 0.6) is 0 Å². The van der Waals surface area contributed by atoms with Crippen molar-refractivity contribution in [3.05, 3.63) is 35.9 Å². The van der Waals surface area contributed by atoms with Crippen molar-refractivity contribution >= 4 is 33.9 Å². The van der Waals surface area contributed by atoms with Gasteiger partial charge in [-0.05, 0) is 25.0 Å². The second-order valence-corrected chi connectivity index (χ2v) is 10.0. The molecule has 2 fully saturated rings. The number of aryl methyl sites for hydroxylation is 2. The van der Waals surface area contributed by atoms with E-state index in [4.69, 9.17) is 30.4 Å². The van der Waals surface area contributed by atoms with Gasteiger partial charge in [0.15, 0.2) is 17.0 Å². The largest absolute Gasteiger partial charge is 0.378 e. The van der Waals surface area contributed by atoms with E-state index >= 15 is 0 Å². The smallest absolute Gasteiger partial charge is 0.239 e. The number of imidazole rings is 2. The minimum atomic E-state index is -0.280. The first kappa shape index (κ1) is 23.8. The quantitative estimate of drug-likeness (QED) is 0.402. The molecule has 0 spiro atoms. The first-order valence-electron chi connectivity index (χ1n) is 13.0. The molecule has 0 radical (unpaired) electrons. The third-order valence-electron chi connectivity index (χ3n) is 7.65. The van der Waals surface area contributed by atoms with Crippen molar-refractivity contribution in [1.82, 2.24) is 34.0 Å². The molecule has 1 atom stereocenters. The van der Waals surface area contributed by atoms with Gasteiger partial charge in [0.05, 0.1) is 30.3 Å². The van der Waals surface area contributed by atoms with Gasteiger partial charge in [-0.2, -0.15) is 9.97 Å². The van der Waals surface area contributed by atoms with Crippen molar-refractivity contribution in [2.75, 3.05) is 44.3 Å². The van der Waals surface area contributed by atoms with Crippen LogP contribution in [0.15, 0.2) is 24.3 Å². The zero-order chi connectivity index (χ0) is 25.7. The summed E-state index contributed by atoms with van der Waals surface area (Å²) in [6.07, 6.45) is 1.57. The Morgan fingerprint density at radius 3 is 2.59 bits per heavy atom. The molecule has 2 N–H and O–H groups in total. The number of likely N-dealkylation sites (tertiary alicyclic amines) is 1. The van der Waals surface area contributed by atoms with E-state index in [0.29, 0.717) is 25.1 Å². The molecule has 11 nitrogen and oxygen atoms in total. The molecule has 1 amide bonds. The molecule has 4 aromatic rings. The summed E-state index contributed by atoms with van der Waals surface area (Å²) in [7, 11) is 2.03. The van der Waals surface area contributed by atoms with E-state index in [1.165, 1.54) is 0 Å². The maximum atomic E-state index is 11.5. The number of aromatic nitrogens is 6. The molecule has 3 aromatic heterocycles. The average molecular weight is 504 g/mol. The van der Waals surface area contributed by atoms with Gasteiger partial charge >= 0.3 is 0 Å². The second kappa shape index (κ2) is 9.38. The summed E-state index contributed by atoms with van der Waals surface area (Å²) in [5, 5.41) is 0. The number of benzene rings is 1. The number of primary amides is 1. The predicted octanol–water partition coefficient (Wildman–Crippen LogP) is 1.45. The number of fused-ring (bicyclic) bond motifs is 2. The molecular formula is C26H33N9O2. The van der Waals surface area contributed by atoms with Crippen LogP contribution in [0.25, 0.3) is 28.1 Å². The SMILES string of the molecule is CCc1nc2ccccc2n1-c1nc(N2CCOCC2)c2nc(CC3CN([C@H](C)C(N)=O)C3)n(C)c2n1. The number of carbonyl (C=O) groups excluding carboxylic acids is 1. The molecule has 0 aliphatic carbocycles. The average Bonchev–Trinajstić information content (AvgIpc) is 3.42. The highest BCUT2D eigenvalue weighted by molar-refractivity contribution is 5.86. The minimum Gasteiger partial charge on any atom is -0.378 e. The Bertz CT molecular complexity index is 1460. The lowest BCUT2D eigenvalue weighted by molar-refractivity contribution is -0.125.